The number of hydrogen-bond acceptors (Lipinski definition) is 4. The predicted molar refractivity (Wildman–Crippen MR) is 80.6 cm³/mol. The van der Waals surface area contributed by atoms with Crippen molar-refractivity contribution in [2.75, 3.05) is 25.0 Å². The van der Waals surface area contributed by atoms with E-state index in [1.807, 2.05) is 20.8 Å². The van der Waals surface area contributed by atoms with Gasteiger partial charge in [0.25, 0.3) is 0 Å². The van der Waals surface area contributed by atoms with Crippen LogP contribution in [0.5, 0.6) is 0 Å². The molecule has 1 aromatic rings. The van der Waals surface area contributed by atoms with E-state index in [1.165, 1.54) is 0 Å². The summed E-state index contributed by atoms with van der Waals surface area (Å²) in [6.07, 6.45) is 0.858. The Kier molecular flexibility index (Phi) is 3.99. The molecule has 1 amide bonds. The molecule has 1 aliphatic heterocycles. The Morgan fingerprint density at radius 3 is 2.85 bits per heavy atom. The molecule has 0 bridgehead atoms. The van der Waals surface area contributed by atoms with Crippen LogP contribution >= 0.6 is 0 Å². The maximum Gasteiger partial charge on any atom is 0.227 e. The topological polar surface area (TPSA) is 71.2 Å². The van der Waals surface area contributed by atoms with Crippen molar-refractivity contribution in [3.63, 3.8) is 0 Å². The van der Waals surface area contributed by atoms with Crippen LogP contribution in [0.2, 0.25) is 0 Å². The minimum Gasteiger partial charge on any atom is -0.370 e. The van der Waals surface area contributed by atoms with E-state index in [4.69, 9.17) is 5.73 Å². The number of nitrogens with zero attached hydrogens (tertiary/aromatic N) is 2. The van der Waals surface area contributed by atoms with Crippen LogP contribution in [0.25, 0.3) is 0 Å². The minimum absolute atomic E-state index is 0.108. The zero-order chi connectivity index (χ0) is 14.9. The highest BCUT2D eigenvalue weighted by Crippen LogP contribution is 2.35. The molecule has 2 rings (SSSR count). The number of nitrogens with two attached hydrogens (primary N) is 1. The van der Waals surface area contributed by atoms with Crippen LogP contribution in [0.1, 0.15) is 30.3 Å². The van der Waals surface area contributed by atoms with Gasteiger partial charge in [0.2, 0.25) is 5.91 Å². The Hall–Kier alpha value is -1.62. The van der Waals surface area contributed by atoms with Crippen molar-refractivity contribution in [1.82, 2.24) is 10.3 Å². The van der Waals surface area contributed by atoms with Crippen LogP contribution in [0.15, 0.2) is 6.07 Å². The van der Waals surface area contributed by atoms with Gasteiger partial charge in [-0.1, -0.05) is 0 Å². The molecule has 1 aliphatic rings. The summed E-state index contributed by atoms with van der Waals surface area (Å²) < 4.78 is 0. The molecule has 3 N–H and O–H groups in total. The fraction of sp³-hybridized carbons (Fsp3) is 0.600. The predicted octanol–water partition coefficient (Wildman–Crippen LogP) is 1.12. The number of nitrogens with one attached hydrogen (secondary N) is 1. The second-order valence-corrected chi connectivity index (χ2v) is 5.86. The van der Waals surface area contributed by atoms with E-state index < -0.39 is 0 Å². The third kappa shape index (κ3) is 2.50. The maximum absolute atomic E-state index is 12.0. The Morgan fingerprint density at radius 1 is 1.55 bits per heavy atom. The fourth-order valence-electron chi connectivity index (χ4n) is 3.02. The van der Waals surface area contributed by atoms with Gasteiger partial charge in [0, 0.05) is 49.3 Å². The van der Waals surface area contributed by atoms with Gasteiger partial charge in [-0.3, -0.25) is 9.78 Å². The average Bonchev–Trinajstić information content (AvgIpc) is 2.81. The molecular weight excluding hydrogens is 252 g/mol. The third-order valence-corrected chi connectivity index (χ3v) is 4.23. The van der Waals surface area contributed by atoms with Gasteiger partial charge in [-0.05, 0) is 33.3 Å². The Bertz CT molecular complexity index is 529. The molecule has 1 atom stereocenters. The fourth-order valence-corrected chi connectivity index (χ4v) is 3.02. The van der Waals surface area contributed by atoms with Crippen molar-refractivity contribution in [2.45, 2.75) is 33.7 Å². The standard InChI is InChI=1S/C15H24N4O/c1-10-7-13(12(8-16)11(2)18-10)19-6-5-15(3,9-19)14(20)17-4/h7H,5-6,8-9,16H2,1-4H3,(H,17,20). The highest BCUT2D eigenvalue weighted by Gasteiger charge is 2.40. The molecular formula is C15H24N4O. The lowest BCUT2D eigenvalue weighted by Crippen LogP contribution is -2.39. The lowest BCUT2D eigenvalue weighted by Gasteiger charge is -2.26. The molecule has 0 saturated carbocycles. The first kappa shape index (κ1) is 14.8. The normalized spacial score (nSPS) is 22.1. The molecule has 2 heterocycles. The van der Waals surface area contributed by atoms with Crippen LogP contribution < -0.4 is 16.0 Å². The van der Waals surface area contributed by atoms with E-state index >= 15 is 0 Å². The monoisotopic (exact) mass is 276 g/mol. The molecule has 0 radical (unpaired) electrons. The first-order chi connectivity index (χ1) is 9.41. The SMILES string of the molecule is CNC(=O)C1(C)CCN(c2cc(C)nc(C)c2CN)C1. The summed E-state index contributed by atoms with van der Waals surface area (Å²) in [5, 5.41) is 2.77. The smallest absolute Gasteiger partial charge is 0.227 e. The number of carbonyl (C=O) groups is 1. The van der Waals surface area contributed by atoms with E-state index in [0.29, 0.717) is 6.54 Å². The number of aromatic nitrogens is 1. The van der Waals surface area contributed by atoms with Gasteiger partial charge in [-0.2, -0.15) is 0 Å². The molecule has 1 saturated heterocycles. The van der Waals surface area contributed by atoms with E-state index in [1.54, 1.807) is 7.05 Å². The van der Waals surface area contributed by atoms with E-state index in [0.717, 1.165) is 42.1 Å². The summed E-state index contributed by atoms with van der Waals surface area (Å²) >= 11 is 0. The third-order valence-electron chi connectivity index (χ3n) is 4.23. The molecule has 5 nitrogen and oxygen atoms in total. The molecule has 0 spiro atoms. The summed E-state index contributed by atoms with van der Waals surface area (Å²) in [6.45, 7) is 8.08. The molecule has 110 valence electrons. The molecule has 0 aromatic carbocycles. The second kappa shape index (κ2) is 5.40. The number of pyridine rings is 1. The number of amides is 1. The van der Waals surface area contributed by atoms with Crippen molar-refractivity contribution in [1.29, 1.82) is 0 Å². The average molecular weight is 276 g/mol. The number of rotatable bonds is 3. The Morgan fingerprint density at radius 2 is 2.25 bits per heavy atom. The number of carbonyl (C=O) groups excluding carboxylic acids is 1. The largest absolute Gasteiger partial charge is 0.370 e. The first-order valence-electron chi connectivity index (χ1n) is 7.05. The number of anilines is 1. The zero-order valence-electron chi connectivity index (χ0n) is 12.8. The first-order valence-corrected chi connectivity index (χ1v) is 7.05. The van der Waals surface area contributed by atoms with Crippen LogP contribution in [0.4, 0.5) is 5.69 Å². The van der Waals surface area contributed by atoms with Crippen molar-refractivity contribution >= 4 is 11.6 Å². The highest BCUT2D eigenvalue weighted by molar-refractivity contribution is 5.83. The van der Waals surface area contributed by atoms with Gasteiger partial charge in [0.15, 0.2) is 0 Å². The molecule has 20 heavy (non-hydrogen) atoms. The van der Waals surface area contributed by atoms with Crippen LogP contribution in [0.3, 0.4) is 0 Å². The lowest BCUT2D eigenvalue weighted by atomic mass is 9.89. The van der Waals surface area contributed by atoms with Gasteiger partial charge in [-0.15, -0.1) is 0 Å². The summed E-state index contributed by atoms with van der Waals surface area (Å²) in [4.78, 5) is 18.8. The minimum atomic E-state index is -0.328. The maximum atomic E-state index is 12.0. The Labute approximate surface area is 120 Å². The van der Waals surface area contributed by atoms with Crippen molar-refractivity contribution < 1.29 is 4.79 Å². The summed E-state index contributed by atoms with van der Waals surface area (Å²) in [5.74, 6) is 0.108. The van der Waals surface area contributed by atoms with Gasteiger partial charge >= 0.3 is 0 Å². The van der Waals surface area contributed by atoms with E-state index in [9.17, 15) is 4.79 Å². The van der Waals surface area contributed by atoms with Crippen LogP contribution in [0, 0.1) is 19.3 Å². The van der Waals surface area contributed by atoms with Crippen LogP contribution in [-0.4, -0.2) is 31.0 Å². The second-order valence-electron chi connectivity index (χ2n) is 5.86. The van der Waals surface area contributed by atoms with Gasteiger partial charge < -0.3 is 16.0 Å². The number of aryl methyl sites for hydroxylation is 2. The van der Waals surface area contributed by atoms with Gasteiger partial charge in [0.1, 0.15) is 0 Å². The number of hydrogen-bond donors (Lipinski definition) is 2. The van der Waals surface area contributed by atoms with E-state index in [2.05, 4.69) is 21.3 Å². The quantitative estimate of drug-likeness (QED) is 0.868. The molecule has 0 aliphatic carbocycles. The molecule has 5 heteroatoms. The molecule has 1 unspecified atom stereocenters. The van der Waals surface area contributed by atoms with Crippen molar-refractivity contribution in [3.05, 3.63) is 23.0 Å². The summed E-state index contributed by atoms with van der Waals surface area (Å²) in [7, 11) is 1.70. The Balaban J connectivity index is 2.33. The molecule has 1 aromatic heterocycles. The molecule has 1 fully saturated rings. The summed E-state index contributed by atoms with van der Waals surface area (Å²) in [6, 6.07) is 2.07. The highest BCUT2D eigenvalue weighted by atomic mass is 16.2. The van der Waals surface area contributed by atoms with Gasteiger partial charge in [-0.25, -0.2) is 0 Å². The van der Waals surface area contributed by atoms with Gasteiger partial charge in [0.05, 0.1) is 5.41 Å². The lowest BCUT2D eigenvalue weighted by molar-refractivity contribution is -0.128. The zero-order valence-corrected chi connectivity index (χ0v) is 12.8. The van der Waals surface area contributed by atoms with Crippen LogP contribution in [-0.2, 0) is 11.3 Å². The summed E-state index contributed by atoms with van der Waals surface area (Å²) in [5.41, 5.74) is 9.73. The van der Waals surface area contributed by atoms with E-state index in [-0.39, 0.29) is 11.3 Å². The van der Waals surface area contributed by atoms with Crippen molar-refractivity contribution in [2.24, 2.45) is 11.1 Å². The van der Waals surface area contributed by atoms with Crippen molar-refractivity contribution in [3.8, 4) is 0 Å².